The molecule has 0 saturated heterocycles. The van der Waals surface area contributed by atoms with Crippen molar-refractivity contribution in [3.63, 3.8) is 0 Å². The van der Waals surface area contributed by atoms with Crippen LogP contribution in [0.5, 0.6) is 5.75 Å². The highest BCUT2D eigenvalue weighted by Gasteiger charge is 2.10. The fourth-order valence-corrected chi connectivity index (χ4v) is 2.74. The van der Waals surface area contributed by atoms with Crippen LogP contribution in [0.1, 0.15) is 29.6 Å². The monoisotopic (exact) mass is 261 g/mol. The fraction of sp³-hybridized carbons (Fsp3) is 0.333. The molecule has 1 unspecified atom stereocenters. The van der Waals surface area contributed by atoms with Gasteiger partial charge in [-0.05, 0) is 45.0 Å². The van der Waals surface area contributed by atoms with Crippen LogP contribution in [-0.2, 0) is 0 Å². The number of nitrogens with one attached hydrogen (secondary N) is 1. The van der Waals surface area contributed by atoms with E-state index in [4.69, 9.17) is 4.74 Å². The molecule has 0 aliphatic heterocycles. The molecule has 2 aromatic rings. The van der Waals surface area contributed by atoms with Crippen LogP contribution in [0.25, 0.3) is 0 Å². The van der Waals surface area contributed by atoms with E-state index in [9.17, 15) is 0 Å². The van der Waals surface area contributed by atoms with Crippen LogP contribution in [0.15, 0.2) is 36.4 Å². The predicted molar refractivity (Wildman–Crippen MR) is 78.7 cm³/mol. The average molecular weight is 261 g/mol. The SMILES string of the molecule is CCOc1ccccc1NC(C)c1ccc(C)s1. The minimum atomic E-state index is 0.297. The zero-order chi connectivity index (χ0) is 13.0. The first kappa shape index (κ1) is 13.0. The Hall–Kier alpha value is -1.48. The Labute approximate surface area is 113 Å². The molecule has 3 heteroatoms. The summed E-state index contributed by atoms with van der Waals surface area (Å²) in [6, 6.07) is 12.7. The number of anilines is 1. The van der Waals surface area contributed by atoms with E-state index in [0.29, 0.717) is 12.6 Å². The third-order valence-corrected chi connectivity index (χ3v) is 3.93. The van der Waals surface area contributed by atoms with Crippen molar-refractivity contribution in [1.29, 1.82) is 0 Å². The van der Waals surface area contributed by atoms with Gasteiger partial charge < -0.3 is 10.1 Å². The molecule has 0 amide bonds. The van der Waals surface area contributed by atoms with Gasteiger partial charge >= 0.3 is 0 Å². The van der Waals surface area contributed by atoms with Gasteiger partial charge in [0.15, 0.2) is 0 Å². The quantitative estimate of drug-likeness (QED) is 0.847. The Kier molecular flexibility index (Phi) is 4.26. The van der Waals surface area contributed by atoms with Crippen LogP contribution in [0, 0.1) is 6.92 Å². The van der Waals surface area contributed by atoms with E-state index in [1.807, 2.05) is 36.5 Å². The molecule has 1 atom stereocenters. The van der Waals surface area contributed by atoms with Gasteiger partial charge in [0.2, 0.25) is 0 Å². The Morgan fingerprint density at radius 2 is 2.00 bits per heavy atom. The van der Waals surface area contributed by atoms with Crippen molar-refractivity contribution in [2.24, 2.45) is 0 Å². The molecular weight excluding hydrogens is 242 g/mol. The number of ether oxygens (including phenoxy) is 1. The molecule has 0 radical (unpaired) electrons. The van der Waals surface area contributed by atoms with Gasteiger partial charge in [-0.15, -0.1) is 11.3 Å². The van der Waals surface area contributed by atoms with Crippen molar-refractivity contribution in [3.05, 3.63) is 46.2 Å². The summed E-state index contributed by atoms with van der Waals surface area (Å²) in [5.74, 6) is 0.917. The highest BCUT2D eigenvalue weighted by Crippen LogP contribution is 2.30. The largest absolute Gasteiger partial charge is 0.492 e. The van der Waals surface area contributed by atoms with Crippen molar-refractivity contribution in [2.45, 2.75) is 26.8 Å². The molecule has 0 bridgehead atoms. The lowest BCUT2D eigenvalue weighted by Gasteiger charge is -2.17. The lowest BCUT2D eigenvalue weighted by Crippen LogP contribution is -2.06. The van der Waals surface area contributed by atoms with Crippen molar-refractivity contribution in [1.82, 2.24) is 0 Å². The molecule has 0 spiro atoms. The maximum Gasteiger partial charge on any atom is 0.142 e. The molecule has 1 N–H and O–H groups in total. The Morgan fingerprint density at radius 1 is 1.22 bits per heavy atom. The van der Waals surface area contributed by atoms with Crippen LogP contribution in [0.4, 0.5) is 5.69 Å². The normalized spacial score (nSPS) is 12.2. The summed E-state index contributed by atoms with van der Waals surface area (Å²) in [6.45, 7) is 7.00. The van der Waals surface area contributed by atoms with Crippen LogP contribution in [-0.4, -0.2) is 6.61 Å². The van der Waals surface area contributed by atoms with E-state index in [1.165, 1.54) is 9.75 Å². The third-order valence-electron chi connectivity index (χ3n) is 2.75. The summed E-state index contributed by atoms with van der Waals surface area (Å²) in [5, 5.41) is 3.51. The van der Waals surface area contributed by atoms with Gasteiger partial charge in [0.25, 0.3) is 0 Å². The average Bonchev–Trinajstić information content (AvgIpc) is 2.79. The summed E-state index contributed by atoms with van der Waals surface area (Å²) in [7, 11) is 0. The minimum absolute atomic E-state index is 0.297. The molecular formula is C15H19NOS. The smallest absolute Gasteiger partial charge is 0.142 e. The maximum absolute atomic E-state index is 5.62. The maximum atomic E-state index is 5.62. The fourth-order valence-electron chi connectivity index (χ4n) is 1.86. The first-order valence-corrected chi connectivity index (χ1v) is 7.07. The highest BCUT2D eigenvalue weighted by molar-refractivity contribution is 7.12. The molecule has 2 rings (SSSR count). The van der Waals surface area contributed by atoms with Gasteiger partial charge in [-0.25, -0.2) is 0 Å². The highest BCUT2D eigenvalue weighted by atomic mass is 32.1. The van der Waals surface area contributed by atoms with Crippen molar-refractivity contribution >= 4 is 17.0 Å². The summed E-state index contributed by atoms with van der Waals surface area (Å²) >= 11 is 1.83. The standard InChI is InChI=1S/C15H19NOS/c1-4-17-14-8-6-5-7-13(14)16-12(3)15-10-9-11(2)18-15/h5-10,12,16H,4H2,1-3H3. The van der Waals surface area contributed by atoms with E-state index >= 15 is 0 Å². The third kappa shape index (κ3) is 3.05. The van der Waals surface area contributed by atoms with E-state index in [1.54, 1.807) is 0 Å². The number of hydrogen-bond acceptors (Lipinski definition) is 3. The molecule has 0 fully saturated rings. The summed E-state index contributed by atoms with van der Waals surface area (Å²) < 4.78 is 5.62. The van der Waals surface area contributed by atoms with Crippen LogP contribution >= 0.6 is 11.3 Å². The van der Waals surface area contributed by atoms with Gasteiger partial charge in [0, 0.05) is 9.75 Å². The lowest BCUT2D eigenvalue weighted by molar-refractivity contribution is 0.341. The first-order chi connectivity index (χ1) is 8.70. The summed E-state index contributed by atoms with van der Waals surface area (Å²) in [5.41, 5.74) is 1.05. The second-order valence-electron chi connectivity index (χ2n) is 4.24. The van der Waals surface area contributed by atoms with Crippen LogP contribution in [0.2, 0.25) is 0 Å². The van der Waals surface area contributed by atoms with Gasteiger partial charge in [-0.3, -0.25) is 0 Å². The molecule has 0 aliphatic carbocycles. The second-order valence-corrected chi connectivity index (χ2v) is 5.56. The Balaban J connectivity index is 2.13. The molecule has 18 heavy (non-hydrogen) atoms. The second kappa shape index (κ2) is 5.91. The van der Waals surface area contributed by atoms with E-state index < -0.39 is 0 Å². The Bertz CT molecular complexity index is 507. The molecule has 0 aliphatic rings. The number of hydrogen-bond donors (Lipinski definition) is 1. The summed E-state index contributed by atoms with van der Waals surface area (Å²) in [4.78, 5) is 2.69. The molecule has 1 heterocycles. The van der Waals surface area contributed by atoms with Crippen LogP contribution in [0.3, 0.4) is 0 Å². The molecule has 1 aromatic carbocycles. The van der Waals surface area contributed by atoms with Gasteiger partial charge in [0.1, 0.15) is 5.75 Å². The van der Waals surface area contributed by atoms with E-state index in [-0.39, 0.29) is 0 Å². The number of thiophene rings is 1. The van der Waals surface area contributed by atoms with Gasteiger partial charge in [-0.2, -0.15) is 0 Å². The molecule has 0 saturated carbocycles. The number of para-hydroxylation sites is 2. The predicted octanol–water partition coefficient (Wildman–Crippen LogP) is 4.63. The number of benzene rings is 1. The zero-order valence-electron chi connectivity index (χ0n) is 11.1. The lowest BCUT2D eigenvalue weighted by atomic mass is 10.2. The van der Waals surface area contributed by atoms with Crippen LogP contribution < -0.4 is 10.1 Å². The van der Waals surface area contributed by atoms with Gasteiger partial charge in [0.05, 0.1) is 18.3 Å². The zero-order valence-corrected chi connectivity index (χ0v) is 11.9. The van der Waals surface area contributed by atoms with Crippen molar-refractivity contribution < 1.29 is 4.74 Å². The number of aryl methyl sites for hydroxylation is 1. The Morgan fingerprint density at radius 3 is 2.67 bits per heavy atom. The molecule has 96 valence electrons. The number of rotatable bonds is 5. The van der Waals surface area contributed by atoms with E-state index in [2.05, 4.69) is 37.4 Å². The first-order valence-electron chi connectivity index (χ1n) is 6.25. The van der Waals surface area contributed by atoms with Crippen molar-refractivity contribution in [3.8, 4) is 5.75 Å². The van der Waals surface area contributed by atoms with Crippen molar-refractivity contribution in [2.75, 3.05) is 11.9 Å². The van der Waals surface area contributed by atoms with E-state index in [0.717, 1.165) is 11.4 Å². The molecule has 2 nitrogen and oxygen atoms in total. The molecule has 1 aromatic heterocycles. The summed E-state index contributed by atoms with van der Waals surface area (Å²) in [6.07, 6.45) is 0. The van der Waals surface area contributed by atoms with Gasteiger partial charge in [-0.1, -0.05) is 12.1 Å². The minimum Gasteiger partial charge on any atom is -0.492 e. The topological polar surface area (TPSA) is 21.3 Å².